The third-order valence-electron chi connectivity index (χ3n) is 14.3. The highest BCUT2D eigenvalue weighted by Crippen LogP contribution is 2.37. The molecule has 3 N–H and O–H groups in total. The van der Waals surface area contributed by atoms with Gasteiger partial charge in [0.25, 0.3) is 0 Å². The van der Waals surface area contributed by atoms with Crippen molar-refractivity contribution in [3.8, 4) is 0 Å². The molecule has 0 radical (unpaired) electrons. The van der Waals surface area contributed by atoms with Gasteiger partial charge in [0.1, 0.15) is 0 Å². The number of halogens is 3. The average Bonchev–Trinajstić information content (AvgIpc) is 3.67. The van der Waals surface area contributed by atoms with E-state index in [1.165, 1.54) is 57.9 Å². The van der Waals surface area contributed by atoms with Crippen LogP contribution in [0.5, 0.6) is 0 Å². The summed E-state index contributed by atoms with van der Waals surface area (Å²) in [7, 11) is 1.83. The van der Waals surface area contributed by atoms with Gasteiger partial charge in [-0.15, -0.1) is 5.10 Å². The number of aromatic nitrogens is 4. The van der Waals surface area contributed by atoms with Crippen molar-refractivity contribution in [2.75, 3.05) is 87.5 Å². The maximum absolute atomic E-state index is 13.7. The van der Waals surface area contributed by atoms with Crippen LogP contribution in [0, 0.1) is 13.8 Å². The molecule has 8 rings (SSSR count). The van der Waals surface area contributed by atoms with Gasteiger partial charge in [0, 0.05) is 87.7 Å². The SMILES string of the molecule is Cc1c(C(C)Nc2nnc(C)c3ccc(N4CCN(CCCCCCCCCN5CCN(C(=O)CNc6cccc7c(C8CCC(=O)NC8=O)nn(C)c67)CC5)CC4)cc23)cccc1C(F)(F)F. The van der Waals surface area contributed by atoms with Crippen LogP contribution in [0.2, 0.25) is 0 Å². The van der Waals surface area contributed by atoms with Crippen molar-refractivity contribution in [2.24, 2.45) is 7.05 Å². The van der Waals surface area contributed by atoms with Gasteiger partial charge < -0.3 is 20.4 Å². The molecule has 5 heterocycles. The number of piperazine rings is 2. The average molecular weight is 938 g/mol. The van der Waals surface area contributed by atoms with Crippen molar-refractivity contribution in [3.05, 3.63) is 82.7 Å². The first-order valence-electron chi connectivity index (χ1n) is 24.5. The minimum Gasteiger partial charge on any atom is -0.374 e. The Morgan fingerprint density at radius 3 is 2.15 bits per heavy atom. The molecule has 0 spiro atoms. The van der Waals surface area contributed by atoms with E-state index in [4.69, 9.17) is 0 Å². The highest BCUT2D eigenvalue weighted by molar-refractivity contribution is 6.04. The Balaban J connectivity index is 0.690. The van der Waals surface area contributed by atoms with Gasteiger partial charge >= 0.3 is 6.18 Å². The lowest BCUT2D eigenvalue weighted by Gasteiger charge is -2.36. The zero-order valence-corrected chi connectivity index (χ0v) is 39.9. The predicted molar refractivity (Wildman–Crippen MR) is 261 cm³/mol. The van der Waals surface area contributed by atoms with Crippen molar-refractivity contribution in [1.29, 1.82) is 0 Å². The second-order valence-electron chi connectivity index (χ2n) is 18.8. The lowest BCUT2D eigenvalue weighted by atomic mass is 9.92. The molecular weight excluding hydrogens is 872 g/mol. The van der Waals surface area contributed by atoms with Crippen LogP contribution in [0.25, 0.3) is 21.7 Å². The summed E-state index contributed by atoms with van der Waals surface area (Å²) in [6.45, 7) is 14.7. The summed E-state index contributed by atoms with van der Waals surface area (Å²) in [5, 5.41) is 25.3. The zero-order valence-electron chi connectivity index (χ0n) is 39.9. The van der Waals surface area contributed by atoms with E-state index >= 15 is 0 Å². The normalized spacial score (nSPS) is 18.1. The Labute approximate surface area is 397 Å². The zero-order chi connectivity index (χ0) is 48.0. The molecule has 17 heteroatoms. The van der Waals surface area contributed by atoms with Crippen LogP contribution in [0.1, 0.15) is 105 Å². The summed E-state index contributed by atoms with van der Waals surface area (Å²) in [6, 6.07) is 16.0. The molecule has 0 aliphatic carbocycles. The summed E-state index contributed by atoms with van der Waals surface area (Å²) in [4.78, 5) is 46.9. The molecule has 0 bridgehead atoms. The number of rotatable bonds is 18. The second kappa shape index (κ2) is 21.6. The van der Waals surface area contributed by atoms with Gasteiger partial charge in [-0.2, -0.15) is 23.4 Å². The minimum absolute atomic E-state index is 0.0666. The number of alkyl halides is 3. The molecule has 364 valence electrons. The number of hydrogen-bond donors (Lipinski definition) is 3. The topological polar surface area (TPSA) is 144 Å². The maximum Gasteiger partial charge on any atom is 0.416 e. The number of aryl methyl sites for hydroxylation is 2. The number of hydrogen-bond acceptors (Lipinski definition) is 11. The number of carbonyl (C=O) groups excluding carboxylic acids is 3. The number of amides is 3. The van der Waals surface area contributed by atoms with Gasteiger partial charge in [0.05, 0.1) is 46.7 Å². The summed E-state index contributed by atoms with van der Waals surface area (Å²) in [5.74, 6) is -0.417. The van der Waals surface area contributed by atoms with Crippen LogP contribution in [0.15, 0.2) is 54.6 Å². The van der Waals surface area contributed by atoms with Crippen molar-refractivity contribution >= 4 is 56.6 Å². The number of benzene rings is 3. The van der Waals surface area contributed by atoms with E-state index in [-0.39, 0.29) is 36.3 Å². The van der Waals surface area contributed by atoms with E-state index in [1.54, 1.807) is 10.7 Å². The molecule has 68 heavy (non-hydrogen) atoms. The Morgan fingerprint density at radius 2 is 1.47 bits per heavy atom. The largest absolute Gasteiger partial charge is 0.416 e. The molecule has 5 aromatic rings. The van der Waals surface area contributed by atoms with Crippen molar-refractivity contribution in [1.82, 2.24) is 40.0 Å². The molecule has 14 nitrogen and oxygen atoms in total. The van der Waals surface area contributed by atoms with Crippen LogP contribution >= 0.6 is 0 Å². The summed E-state index contributed by atoms with van der Waals surface area (Å²) in [5.41, 5.74) is 4.36. The van der Waals surface area contributed by atoms with E-state index in [0.29, 0.717) is 23.5 Å². The number of nitrogens with zero attached hydrogens (tertiary/aromatic N) is 8. The molecule has 2 aromatic heterocycles. The van der Waals surface area contributed by atoms with Gasteiger partial charge in [-0.25, -0.2) is 0 Å². The smallest absolute Gasteiger partial charge is 0.374 e. The van der Waals surface area contributed by atoms with Crippen LogP contribution in [-0.2, 0) is 27.6 Å². The van der Waals surface area contributed by atoms with Gasteiger partial charge in [-0.1, -0.05) is 62.4 Å². The quantitative estimate of drug-likeness (QED) is 0.0582. The third kappa shape index (κ3) is 11.4. The number of imide groups is 1. The van der Waals surface area contributed by atoms with E-state index in [9.17, 15) is 27.6 Å². The summed E-state index contributed by atoms with van der Waals surface area (Å²) < 4.78 is 42.7. The second-order valence-corrected chi connectivity index (χ2v) is 18.8. The number of nitrogens with one attached hydrogen (secondary N) is 3. The highest BCUT2D eigenvalue weighted by atomic mass is 19.4. The van der Waals surface area contributed by atoms with Gasteiger partial charge in [0.15, 0.2) is 5.82 Å². The molecule has 3 fully saturated rings. The molecule has 3 amide bonds. The summed E-state index contributed by atoms with van der Waals surface area (Å²) >= 11 is 0. The molecule has 2 unspecified atom stereocenters. The molecule has 0 saturated carbocycles. The molecular formula is C51H66F3N11O3. The predicted octanol–water partition coefficient (Wildman–Crippen LogP) is 7.95. The number of para-hydroxylation sites is 1. The molecule has 3 aromatic carbocycles. The first kappa shape index (κ1) is 48.6. The minimum atomic E-state index is -4.41. The van der Waals surface area contributed by atoms with Crippen LogP contribution < -0.4 is 20.9 Å². The Kier molecular flexibility index (Phi) is 15.5. The Morgan fingerprint density at radius 1 is 0.809 bits per heavy atom. The van der Waals surface area contributed by atoms with Crippen molar-refractivity contribution in [2.45, 2.75) is 96.7 Å². The maximum atomic E-state index is 13.7. The number of carbonyl (C=O) groups is 3. The molecule has 3 saturated heterocycles. The fraction of sp³-hybridized carbons (Fsp3) is 0.529. The third-order valence-corrected chi connectivity index (χ3v) is 14.3. The lowest BCUT2D eigenvalue weighted by molar-refractivity contribution is -0.138. The van der Waals surface area contributed by atoms with Crippen LogP contribution in [-0.4, -0.2) is 124 Å². The van der Waals surface area contributed by atoms with E-state index in [2.05, 4.69) is 64.1 Å². The number of piperidine rings is 1. The lowest BCUT2D eigenvalue weighted by Crippen LogP contribution is -2.50. The number of anilines is 3. The fourth-order valence-electron chi connectivity index (χ4n) is 10.3. The number of fused-ring (bicyclic) bond motifs is 2. The monoisotopic (exact) mass is 938 g/mol. The van der Waals surface area contributed by atoms with E-state index < -0.39 is 23.7 Å². The first-order chi connectivity index (χ1) is 32.7. The van der Waals surface area contributed by atoms with E-state index in [0.717, 1.165) is 110 Å². The van der Waals surface area contributed by atoms with E-state index in [1.807, 2.05) is 44.0 Å². The Hall–Kier alpha value is -5.81. The van der Waals surface area contributed by atoms with Gasteiger partial charge in [-0.05, 0) is 88.5 Å². The van der Waals surface area contributed by atoms with Crippen LogP contribution in [0.4, 0.5) is 30.4 Å². The summed E-state index contributed by atoms with van der Waals surface area (Å²) in [6.07, 6.45) is 4.92. The van der Waals surface area contributed by atoms with Gasteiger partial charge in [0.2, 0.25) is 17.7 Å². The first-order valence-corrected chi connectivity index (χ1v) is 24.5. The van der Waals surface area contributed by atoms with Crippen molar-refractivity contribution < 1.29 is 27.6 Å². The van der Waals surface area contributed by atoms with Crippen LogP contribution in [0.3, 0.4) is 0 Å². The van der Waals surface area contributed by atoms with Gasteiger partial charge in [-0.3, -0.25) is 34.2 Å². The molecule has 3 aliphatic rings. The number of unbranched alkanes of at least 4 members (excludes halogenated alkanes) is 6. The molecule has 3 aliphatic heterocycles. The molecule has 2 atom stereocenters. The Bertz CT molecular complexity index is 2580. The fourth-order valence-corrected chi connectivity index (χ4v) is 10.3. The standard InChI is InChI=1S/C51H66F3N11O3/c1-34-38(14-12-16-43(34)51(52,53)54)35(2)56-49-42-32-37(18-19-39(42)36(3)58-59-49)64-28-24-62(25-29-64)22-10-8-6-5-7-9-11-23-63-26-30-65(31-27-63)46(67)33-55-44-17-13-15-40-47(60-61(4)48(40)44)41-20-21-45(66)57-50(41)68/h12-19,32,35,41,55H,5-11,20-31,33H2,1-4H3,(H,56,59)(H,57,66,68). The van der Waals surface area contributed by atoms with Crippen molar-refractivity contribution in [3.63, 3.8) is 0 Å². The highest BCUT2D eigenvalue weighted by Gasteiger charge is 2.34.